The molecule has 0 saturated carbocycles. The molecule has 21 heavy (non-hydrogen) atoms. The molecule has 0 radical (unpaired) electrons. The van der Waals surface area contributed by atoms with Crippen molar-refractivity contribution in [2.24, 2.45) is 12.8 Å². The molecular weight excluding hydrogens is 290 g/mol. The number of aromatic nitrogens is 2. The molecule has 1 heterocycles. The van der Waals surface area contributed by atoms with Crippen LogP contribution in [0.5, 0.6) is 11.5 Å². The Morgan fingerprint density at radius 1 is 1.33 bits per heavy atom. The second kappa shape index (κ2) is 6.83. The van der Waals surface area contributed by atoms with Crippen LogP contribution in [0.3, 0.4) is 0 Å². The molecule has 2 N–H and O–H groups in total. The van der Waals surface area contributed by atoms with Crippen LogP contribution in [0, 0.1) is 6.92 Å². The fourth-order valence-electron chi connectivity index (χ4n) is 2.22. The van der Waals surface area contributed by atoms with E-state index in [0.29, 0.717) is 36.1 Å². The van der Waals surface area contributed by atoms with E-state index in [0.717, 1.165) is 17.0 Å². The van der Waals surface area contributed by atoms with Crippen molar-refractivity contribution in [3.05, 3.63) is 40.2 Å². The van der Waals surface area contributed by atoms with Gasteiger partial charge in [0, 0.05) is 23.7 Å². The summed E-state index contributed by atoms with van der Waals surface area (Å²) in [7, 11) is 3.49. The molecule has 0 spiro atoms. The van der Waals surface area contributed by atoms with Gasteiger partial charge >= 0.3 is 0 Å². The van der Waals surface area contributed by atoms with Crippen molar-refractivity contribution in [1.29, 1.82) is 0 Å². The first-order chi connectivity index (χ1) is 10.0. The Morgan fingerprint density at radius 3 is 2.67 bits per heavy atom. The molecule has 0 unspecified atom stereocenters. The van der Waals surface area contributed by atoms with Crippen LogP contribution in [0.1, 0.15) is 17.0 Å². The van der Waals surface area contributed by atoms with E-state index in [4.69, 9.17) is 26.8 Å². The normalized spacial score (nSPS) is 10.7. The van der Waals surface area contributed by atoms with E-state index in [1.807, 2.05) is 26.1 Å². The topological polar surface area (TPSA) is 62.3 Å². The molecule has 0 aliphatic heterocycles. The Kier molecular flexibility index (Phi) is 5.09. The minimum absolute atomic E-state index is 0.410. The molecular formula is C15H20ClN3O2. The molecule has 0 saturated heterocycles. The molecule has 2 rings (SSSR count). The number of ether oxygens (including phenoxy) is 2. The van der Waals surface area contributed by atoms with Gasteiger partial charge in [0.25, 0.3) is 0 Å². The van der Waals surface area contributed by atoms with E-state index in [9.17, 15) is 0 Å². The molecule has 0 amide bonds. The maximum atomic E-state index is 6.09. The Bertz CT molecular complexity index is 626. The lowest BCUT2D eigenvalue weighted by Gasteiger charge is -2.15. The van der Waals surface area contributed by atoms with Crippen LogP contribution in [-0.2, 0) is 20.1 Å². The number of hydrogen-bond acceptors (Lipinski definition) is 4. The Hall–Kier alpha value is -1.72. The lowest BCUT2D eigenvalue weighted by atomic mass is 10.1. The van der Waals surface area contributed by atoms with Crippen molar-refractivity contribution >= 4 is 11.6 Å². The summed E-state index contributed by atoms with van der Waals surface area (Å²) in [6, 6.07) is 5.59. The maximum absolute atomic E-state index is 6.09. The monoisotopic (exact) mass is 309 g/mol. The summed E-state index contributed by atoms with van der Waals surface area (Å²) in [5.41, 5.74) is 8.55. The number of nitrogens with zero attached hydrogens (tertiary/aromatic N) is 2. The number of rotatable bonds is 6. The molecule has 0 fully saturated rings. The van der Waals surface area contributed by atoms with Crippen LogP contribution >= 0.6 is 11.6 Å². The fourth-order valence-corrected chi connectivity index (χ4v) is 2.46. The van der Waals surface area contributed by atoms with Gasteiger partial charge in [-0.25, -0.2) is 0 Å². The number of nitrogens with two attached hydrogens (primary N) is 1. The number of methoxy groups -OCH3 is 1. The molecule has 114 valence electrons. The number of aryl methyl sites for hydroxylation is 2. The van der Waals surface area contributed by atoms with E-state index in [1.165, 1.54) is 0 Å². The summed E-state index contributed by atoms with van der Waals surface area (Å²) in [6.07, 6.45) is 0.677. The van der Waals surface area contributed by atoms with E-state index in [-0.39, 0.29) is 0 Å². The van der Waals surface area contributed by atoms with Crippen molar-refractivity contribution in [3.8, 4) is 11.5 Å². The highest BCUT2D eigenvalue weighted by atomic mass is 35.5. The third-order valence-electron chi connectivity index (χ3n) is 3.19. The molecule has 1 aromatic carbocycles. The first-order valence-electron chi connectivity index (χ1n) is 6.74. The van der Waals surface area contributed by atoms with Gasteiger partial charge in [0.15, 0.2) is 11.5 Å². The van der Waals surface area contributed by atoms with Crippen LogP contribution in [-0.4, -0.2) is 23.4 Å². The van der Waals surface area contributed by atoms with Crippen molar-refractivity contribution in [2.45, 2.75) is 20.0 Å². The molecule has 0 bridgehead atoms. The molecule has 1 aromatic heterocycles. The third-order valence-corrected chi connectivity index (χ3v) is 3.41. The quantitative estimate of drug-likeness (QED) is 0.890. The zero-order chi connectivity index (χ0) is 15.4. The smallest absolute Gasteiger partial charge is 0.165 e. The fraction of sp³-hybridized carbons (Fsp3) is 0.400. The van der Waals surface area contributed by atoms with Gasteiger partial charge in [-0.15, -0.1) is 0 Å². The number of hydrogen-bond donors (Lipinski definition) is 1. The molecule has 5 nitrogen and oxygen atoms in total. The largest absolute Gasteiger partial charge is 0.493 e. The molecule has 6 heteroatoms. The zero-order valence-electron chi connectivity index (χ0n) is 12.5. The molecule has 2 aromatic rings. The molecule has 0 aliphatic carbocycles. The maximum Gasteiger partial charge on any atom is 0.165 e. The van der Waals surface area contributed by atoms with Crippen LogP contribution in [0.2, 0.25) is 5.02 Å². The number of halogens is 1. The predicted molar refractivity (Wildman–Crippen MR) is 83.0 cm³/mol. The Morgan fingerprint density at radius 2 is 2.10 bits per heavy atom. The average molecular weight is 310 g/mol. The highest BCUT2D eigenvalue weighted by Crippen LogP contribution is 2.35. The minimum Gasteiger partial charge on any atom is -0.493 e. The van der Waals surface area contributed by atoms with Crippen molar-refractivity contribution in [2.75, 3.05) is 13.7 Å². The van der Waals surface area contributed by atoms with E-state index in [1.54, 1.807) is 17.9 Å². The summed E-state index contributed by atoms with van der Waals surface area (Å²) in [4.78, 5) is 0. The predicted octanol–water partition coefficient (Wildman–Crippen LogP) is 2.47. The summed E-state index contributed by atoms with van der Waals surface area (Å²) in [5.74, 6) is 1.30. The lowest BCUT2D eigenvalue weighted by Crippen LogP contribution is -2.08. The van der Waals surface area contributed by atoms with Crippen molar-refractivity contribution in [3.63, 3.8) is 0 Å². The van der Waals surface area contributed by atoms with Gasteiger partial charge in [-0.2, -0.15) is 5.10 Å². The summed E-state index contributed by atoms with van der Waals surface area (Å²) in [5, 5.41) is 4.91. The van der Waals surface area contributed by atoms with E-state index >= 15 is 0 Å². The summed E-state index contributed by atoms with van der Waals surface area (Å²) < 4.78 is 13.1. The Labute approximate surface area is 129 Å². The van der Waals surface area contributed by atoms with Gasteiger partial charge in [-0.3, -0.25) is 4.68 Å². The van der Waals surface area contributed by atoms with Crippen LogP contribution < -0.4 is 15.2 Å². The molecule has 0 atom stereocenters. The average Bonchev–Trinajstić information content (AvgIpc) is 2.75. The van der Waals surface area contributed by atoms with Gasteiger partial charge in [0.2, 0.25) is 0 Å². The Balaban J connectivity index is 2.27. The first-order valence-corrected chi connectivity index (χ1v) is 7.11. The lowest BCUT2D eigenvalue weighted by molar-refractivity contribution is 0.273. The van der Waals surface area contributed by atoms with Crippen LogP contribution in [0.4, 0.5) is 0 Å². The standard InChI is InChI=1S/C15H20ClN3O2/c1-10-6-13(19(2)18-10)9-21-15-11(4-5-17)7-12(16)8-14(15)20-3/h6-8H,4-5,9,17H2,1-3H3. The van der Waals surface area contributed by atoms with Crippen LogP contribution in [0.25, 0.3) is 0 Å². The first kappa shape index (κ1) is 15.7. The van der Waals surface area contributed by atoms with E-state index in [2.05, 4.69) is 5.10 Å². The van der Waals surface area contributed by atoms with E-state index < -0.39 is 0 Å². The van der Waals surface area contributed by atoms with Gasteiger partial charge in [0.1, 0.15) is 6.61 Å². The zero-order valence-corrected chi connectivity index (χ0v) is 13.3. The van der Waals surface area contributed by atoms with Gasteiger partial charge in [-0.05, 0) is 32.0 Å². The number of benzene rings is 1. The summed E-state index contributed by atoms with van der Waals surface area (Å²) in [6.45, 7) is 2.88. The van der Waals surface area contributed by atoms with Gasteiger partial charge < -0.3 is 15.2 Å². The highest BCUT2D eigenvalue weighted by molar-refractivity contribution is 6.30. The van der Waals surface area contributed by atoms with Crippen molar-refractivity contribution < 1.29 is 9.47 Å². The second-order valence-corrected chi connectivity index (χ2v) is 5.26. The summed E-state index contributed by atoms with van der Waals surface area (Å²) >= 11 is 6.09. The minimum atomic E-state index is 0.410. The SMILES string of the molecule is COc1cc(Cl)cc(CCN)c1OCc1cc(C)nn1C. The molecule has 0 aliphatic rings. The van der Waals surface area contributed by atoms with Gasteiger partial charge in [-0.1, -0.05) is 11.6 Å². The third kappa shape index (κ3) is 3.68. The van der Waals surface area contributed by atoms with Gasteiger partial charge in [0.05, 0.1) is 18.5 Å². The van der Waals surface area contributed by atoms with Crippen molar-refractivity contribution in [1.82, 2.24) is 9.78 Å². The highest BCUT2D eigenvalue weighted by Gasteiger charge is 2.13. The van der Waals surface area contributed by atoms with Crippen LogP contribution in [0.15, 0.2) is 18.2 Å². The second-order valence-electron chi connectivity index (χ2n) is 4.82.